The van der Waals surface area contributed by atoms with Crippen LogP contribution in [0.25, 0.3) is 0 Å². The average Bonchev–Trinajstić information content (AvgIpc) is 2.45. The molecule has 0 radical (unpaired) electrons. The Bertz CT molecular complexity index is 599. The fourth-order valence-corrected chi connectivity index (χ4v) is 1.88. The normalized spacial score (nSPS) is 11.9. The van der Waals surface area contributed by atoms with E-state index in [-0.39, 0.29) is 5.56 Å². The van der Waals surface area contributed by atoms with E-state index >= 15 is 0 Å². The Morgan fingerprint density at radius 3 is 2.55 bits per heavy atom. The molecule has 1 aromatic heterocycles. The molecule has 0 saturated carbocycles. The summed E-state index contributed by atoms with van der Waals surface area (Å²) in [5.74, 6) is -0.451. The van der Waals surface area contributed by atoms with Crippen LogP contribution in [0, 0.1) is 6.92 Å². The van der Waals surface area contributed by atoms with E-state index in [2.05, 4.69) is 10.3 Å². The van der Waals surface area contributed by atoms with Gasteiger partial charge < -0.3 is 15.5 Å². The third-order valence-corrected chi connectivity index (χ3v) is 2.98. The van der Waals surface area contributed by atoms with Crippen LogP contribution in [0.3, 0.4) is 0 Å². The molecule has 0 aliphatic heterocycles. The van der Waals surface area contributed by atoms with E-state index in [1.54, 1.807) is 13.0 Å². The van der Waals surface area contributed by atoms with E-state index in [0.29, 0.717) is 18.1 Å². The SMILES string of the molecule is Cc1nc(NCC(O)c2ccccc2)ccc1C(=O)O. The maximum atomic E-state index is 10.9. The lowest BCUT2D eigenvalue weighted by molar-refractivity contribution is 0.0695. The number of carbonyl (C=O) groups is 1. The summed E-state index contributed by atoms with van der Waals surface area (Å²) in [6, 6.07) is 12.4. The number of nitrogens with zero attached hydrogens (tertiary/aromatic N) is 1. The first kappa shape index (κ1) is 14.0. The number of pyridine rings is 1. The first-order valence-corrected chi connectivity index (χ1v) is 6.25. The lowest BCUT2D eigenvalue weighted by Gasteiger charge is -2.13. The summed E-state index contributed by atoms with van der Waals surface area (Å²) in [7, 11) is 0. The van der Waals surface area contributed by atoms with E-state index in [1.165, 1.54) is 6.07 Å². The van der Waals surface area contributed by atoms with E-state index < -0.39 is 12.1 Å². The maximum absolute atomic E-state index is 10.9. The van der Waals surface area contributed by atoms with Crippen LogP contribution >= 0.6 is 0 Å². The topological polar surface area (TPSA) is 82.5 Å². The van der Waals surface area contributed by atoms with Crippen molar-refractivity contribution >= 4 is 11.8 Å². The highest BCUT2D eigenvalue weighted by Gasteiger charge is 2.10. The molecule has 1 aromatic carbocycles. The van der Waals surface area contributed by atoms with Gasteiger partial charge in [0, 0.05) is 6.54 Å². The lowest BCUT2D eigenvalue weighted by Crippen LogP contribution is -2.13. The number of hydrogen-bond acceptors (Lipinski definition) is 4. The first-order chi connectivity index (χ1) is 9.58. The second kappa shape index (κ2) is 6.16. The molecule has 3 N–H and O–H groups in total. The third-order valence-electron chi connectivity index (χ3n) is 2.98. The second-order valence-electron chi connectivity index (χ2n) is 4.44. The molecule has 1 atom stereocenters. The summed E-state index contributed by atoms with van der Waals surface area (Å²) in [5, 5.41) is 21.9. The van der Waals surface area contributed by atoms with E-state index in [4.69, 9.17) is 5.11 Å². The number of carboxylic acid groups (broad SMARTS) is 1. The second-order valence-corrected chi connectivity index (χ2v) is 4.44. The Morgan fingerprint density at radius 2 is 1.95 bits per heavy atom. The fourth-order valence-electron chi connectivity index (χ4n) is 1.88. The molecule has 2 aromatic rings. The van der Waals surface area contributed by atoms with Crippen molar-refractivity contribution in [2.45, 2.75) is 13.0 Å². The van der Waals surface area contributed by atoms with Gasteiger partial charge >= 0.3 is 5.97 Å². The molecule has 0 spiro atoms. The molecular formula is C15H16N2O3. The molecule has 5 heteroatoms. The number of benzene rings is 1. The van der Waals surface area contributed by atoms with E-state index in [1.807, 2.05) is 30.3 Å². The van der Waals surface area contributed by atoms with Crippen molar-refractivity contribution in [2.75, 3.05) is 11.9 Å². The predicted octanol–water partition coefficient (Wildman–Crippen LogP) is 2.23. The van der Waals surface area contributed by atoms with Crippen molar-refractivity contribution in [2.24, 2.45) is 0 Å². The van der Waals surface area contributed by atoms with Gasteiger partial charge in [0.25, 0.3) is 0 Å². The first-order valence-electron chi connectivity index (χ1n) is 6.25. The highest BCUT2D eigenvalue weighted by Crippen LogP contribution is 2.14. The number of aliphatic hydroxyl groups is 1. The Kier molecular flexibility index (Phi) is 4.32. The molecule has 2 rings (SSSR count). The Labute approximate surface area is 116 Å². The van der Waals surface area contributed by atoms with Gasteiger partial charge in [0.15, 0.2) is 0 Å². The standard InChI is InChI=1S/C15H16N2O3/c1-10-12(15(19)20)7-8-14(17-10)16-9-13(18)11-5-3-2-4-6-11/h2-8,13,18H,9H2,1H3,(H,16,17)(H,19,20). The fraction of sp³-hybridized carbons (Fsp3) is 0.200. The van der Waals surface area contributed by atoms with Gasteiger partial charge in [-0.1, -0.05) is 30.3 Å². The quantitative estimate of drug-likeness (QED) is 0.777. The smallest absolute Gasteiger partial charge is 0.337 e. The molecule has 0 aliphatic rings. The van der Waals surface area contributed by atoms with Gasteiger partial charge in [0.05, 0.1) is 17.4 Å². The number of aromatic carboxylic acids is 1. The third kappa shape index (κ3) is 3.33. The summed E-state index contributed by atoms with van der Waals surface area (Å²) in [6.07, 6.45) is -0.641. The van der Waals surface area contributed by atoms with Crippen molar-refractivity contribution in [3.8, 4) is 0 Å². The van der Waals surface area contributed by atoms with Crippen LogP contribution in [-0.4, -0.2) is 27.7 Å². The van der Waals surface area contributed by atoms with Gasteiger partial charge in [-0.3, -0.25) is 0 Å². The number of aryl methyl sites for hydroxylation is 1. The Balaban J connectivity index is 2.01. The molecule has 104 valence electrons. The van der Waals surface area contributed by atoms with Gasteiger partial charge in [-0.05, 0) is 24.6 Å². The molecule has 5 nitrogen and oxygen atoms in total. The highest BCUT2D eigenvalue weighted by molar-refractivity contribution is 5.89. The average molecular weight is 272 g/mol. The van der Waals surface area contributed by atoms with Crippen LogP contribution in [-0.2, 0) is 0 Å². The van der Waals surface area contributed by atoms with Gasteiger partial charge in [-0.2, -0.15) is 0 Å². The highest BCUT2D eigenvalue weighted by atomic mass is 16.4. The van der Waals surface area contributed by atoms with Gasteiger partial charge in [-0.15, -0.1) is 0 Å². The minimum Gasteiger partial charge on any atom is -0.478 e. The van der Waals surface area contributed by atoms with Crippen LogP contribution in [0.1, 0.15) is 27.7 Å². The lowest BCUT2D eigenvalue weighted by atomic mass is 10.1. The van der Waals surface area contributed by atoms with Crippen LogP contribution in [0.2, 0.25) is 0 Å². The molecule has 1 heterocycles. The Hall–Kier alpha value is -2.40. The van der Waals surface area contributed by atoms with Gasteiger partial charge in [0.1, 0.15) is 5.82 Å². The van der Waals surface area contributed by atoms with Crippen molar-refractivity contribution in [3.63, 3.8) is 0 Å². The molecule has 0 bridgehead atoms. The molecule has 0 aliphatic carbocycles. The zero-order chi connectivity index (χ0) is 14.5. The van der Waals surface area contributed by atoms with Crippen LogP contribution in [0.4, 0.5) is 5.82 Å². The van der Waals surface area contributed by atoms with Crippen LogP contribution in [0.5, 0.6) is 0 Å². The minimum atomic E-state index is -0.995. The van der Waals surface area contributed by atoms with Gasteiger partial charge in [0.2, 0.25) is 0 Å². The summed E-state index contributed by atoms with van der Waals surface area (Å²) < 4.78 is 0. The van der Waals surface area contributed by atoms with Crippen molar-refractivity contribution < 1.29 is 15.0 Å². The van der Waals surface area contributed by atoms with Gasteiger partial charge in [-0.25, -0.2) is 9.78 Å². The van der Waals surface area contributed by atoms with Crippen molar-refractivity contribution in [1.29, 1.82) is 0 Å². The number of nitrogens with one attached hydrogen (secondary N) is 1. The molecule has 1 unspecified atom stereocenters. The summed E-state index contributed by atoms with van der Waals surface area (Å²) in [4.78, 5) is 15.0. The molecule has 0 fully saturated rings. The number of carboxylic acids is 1. The number of aromatic nitrogens is 1. The molecule has 20 heavy (non-hydrogen) atoms. The largest absolute Gasteiger partial charge is 0.478 e. The number of hydrogen-bond donors (Lipinski definition) is 3. The Morgan fingerprint density at radius 1 is 1.25 bits per heavy atom. The van der Waals surface area contributed by atoms with Crippen molar-refractivity contribution in [1.82, 2.24) is 4.98 Å². The molecular weight excluding hydrogens is 256 g/mol. The minimum absolute atomic E-state index is 0.180. The summed E-state index contributed by atoms with van der Waals surface area (Å²) in [5.41, 5.74) is 1.44. The summed E-state index contributed by atoms with van der Waals surface area (Å²) in [6.45, 7) is 1.95. The maximum Gasteiger partial charge on any atom is 0.337 e. The number of rotatable bonds is 5. The van der Waals surface area contributed by atoms with Crippen LogP contribution < -0.4 is 5.32 Å². The molecule has 0 saturated heterocycles. The summed E-state index contributed by atoms with van der Waals surface area (Å²) >= 11 is 0. The van der Waals surface area contributed by atoms with Crippen molar-refractivity contribution in [3.05, 3.63) is 59.3 Å². The van der Waals surface area contributed by atoms with Crippen LogP contribution in [0.15, 0.2) is 42.5 Å². The zero-order valence-corrected chi connectivity index (χ0v) is 11.1. The monoisotopic (exact) mass is 272 g/mol. The van der Waals surface area contributed by atoms with E-state index in [0.717, 1.165) is 5.56 Å². The molecule has 0 amide bonds. The zero-order valence-electron chi connectivity index (χ0n) is 11.1. The predicted molar refractivity (Wildman–Crippen MR) is 75.8 cm³/mol. The number of anilines is 1. The van der Waals surface area contributed by atoms with E-state index in [9.17, 15) is 9.90 Å². The number of aliphatic hydroxyl groups excluding tert-OH is 1.